The SMILES string of the molecule is Cc1cccc(CC2C=CC([Si](C)(C)C)=C2)c1C. The molecular weight excluding hydrogens is 232 g/mol. The zero-order valence-corrected chi connectivity index (χ0v) is 13.2. The van der Waals surface area contributed by atoms with Gasteiger partial charge in [0, 0.05) is 0 Å². The van der Waals surface area contributed by atoms with Gasteiger partial charge in [0.25, 0.3) is 0 Å². The smallest absolute Gasteiger partial charge is 0.0771 e. The molecule has 0 fully saturated rings. The molecule has 0 saturated heterocycles. The van der Waals surface area contributed by atoms with Crippen LogP contribution in [0.4, 0.5) is 0 Å². The Bertz CT molecular complexity index is 501. The van der Waals surface area contributed by atoms with Crippen LogP contribution in [-0.2, 0) is 6.42 Å². The van der Waals surface area contributed by atoms with Crippen LogP contribution in [0.1, 0.15) is 16.7 Å². The van der Waals surface area contributed by atoms with Gasteiger partial charge < -0.3 is 0 Å². The highest BCUT2D eigenvalue weighted by molar-refractivity contribution is 6.83. The summed E-state index contributed by atoms with van der Waals surface area (Å²) in [6.45, 7) is 11.7. The van der Waals surface area contributed by atoms with Crippen LogP contribution in [0.25, 0.3) is 0 Å². The van der Waals surface area contributed by atoms with Crippen molar-refractivity contribution in [1.82, 2.24) is 0 Å². The second-order valence-electron chi connectivity index (χ2n) is 6.46. The van der Waals surface area contributed by atoms with Crippen LogP contribution in [0.5, 0.6) is 0 Å². The molecule has 1 aliphatic rings. The van der Waals surface area contributed by atoms with Gasteiger partial charge in [0.15, 0.2) is 0 Å². The minimum Gasteiger partial charge on any atom is -0.0780 e. The highest BCUT2D eigenvalue weighted by Crippen LogP contribution is 2.27. The van der Waals surface area contributed by atoms with E-state index in [-0.39, 0.29) is 0 Å². The van der Waals surface area contributed by atoms with Gasteiger partial charge in [0.05, 0.1) is 8.07 Å². The van der Waals surface area contributed by atoms with Crippen LogP contribution < -0.4 is 0 Å². The van der Waals surface area contributed by atoms with Gasteiger partial charge in [-0.3, -0.25) is 0 Å². The zero-order valence-electron chi connectivity index (χ0n) is 12.2. The first kappa shape index (κ1) is 13.4. The van der Waals surface area contributed by atoms with Crippen molar-refractivity contribution >= 4 is 8.07 Å². The van der Waals surface area contributed by atoms with Crippen LogP contribution in [0.15, 0.2) is 41.6 Å². The van der Waals surface area contributed by atoms with E-state index in [2.05, 4.69) is 69.9 Å². The summed E-state index contributed by atoms with van der Waals surface area (Å²) in [6, 6.07) is 6.66. The molecule has 0 aliphatic heterocycles. The molecule has 0 N–H and O–H groups in total. The molecule has 2 rings (SSSR count). The van der Waals surface area contributed by atoms with Gasteiger partial charge in [-0.15, -0.1) is 0 Å². The predicted molar refractivity (Wildman–Crippen MR) is 83.7 cm³/mol. The Morgan fingerprint density at radius 1 is 1.11 bits per heavy atom. The maximum absolute atomic E-state index is 2.49. The Hall–Kier alpha value is -1.08. The van der Waals surface area contributed by atoms with Crippen LogP contribution in [0, 0.1) is 19.8 Å². The van der Waals surface area contributed by atoms with Crippen LogP contribution in [0.2, 0.25) is 19.6 Å². The Kier molecular flexibility index (Phi) is 3.63. The average Bonchev–Trinajstić information content (AvgIpc) is 2.73. The van der Waals surface area contributed by atoms with Gasteiger partial charge in [0.1, 0.15) is 0 Å². The number of aryl methyl sites for hydroxylation is 1. The summed E-state index contributed by atoms with van der Waals surface area (Å²) in [6.07, 6.45) is 8.39. The molecule has 1 aromatic carbocycles. The van der Waals surface area contributed by atoms with Crippen LogP contribution in [0.3, 0.4) is 0 Å². The van der Waals surface area contributed by atoms with E-state index in [0.29, 0.717) is 5.92 Å². The molecule has 1 aliphatic carbocycles. The maximum atomic E-state index is 2.49. The molecule has 1 atom stereocenters. The second-order valence-corrected chi connectivity index (χ2v) is 11.5. The van der Waals surface area contributed by atoms with Gasteiger partial charge in [-0.1, -0.05) is 61.3 Å². The van der Waals surface area contributed by atoms with E-state index in [1.165, 1.54) is 16.7 Å². The summed E-state index contributed by atoms with van der Waals surface area (Å²) >= 11 is 0. The minimum absolute atomic E-state index is 0.604. The lowest BCUT2D eigenvalue weighted by molar-refractivity contribution is 0.808. The standard InChI is InChI=1S/C17H24Si/c1-13-7-6-8-16(14(13)2)11-15-9-10-17(12-15)18(3,4)5/h6-10,12,15H,11H2,1-5H3. The third-order valence-corrected chi connectivity index (χ3v) is 6.02. The number of hydrogen-bond donors (Lipinski definition) is 0. The molecule has 18 heavy (non-hydrogen) atoms. The molecule has 1 unspecified atom stereocenters. The molecule has 0 radical (unpaired) electrons. The molecule has 0 heterocycles. The van der Waals surface area contributed by atoms with Crippen molar-refractivity contribution < 1.29 is 0 Å². The Morgan fingerprint density at radius 2 is 1.83 bits per heavy atom. The van der Waals surface area contributed by atoms with Gasteiger partial charge in [-0.05, 0) is 42.9 Å². The van der Waals surface area contributed by atoms with Crippen molar-refractivity contribution in [2.24, 2.45) is 5.92 Å². The molecular formula is C17H24Si. The summed E-state index contributed by atoms with van der Waals surface area (Å²) in [7, 11) is -1.13. The third-order valence-electron chi connectivity index (χ3n) is 3.96. The highest BCUT2D eigenvalue weighted by Gasteiger charge is 2.22. The minimum atomic E-state index is -1.13. The van der Waals surface area contributed by atoms with E-state index < -0.39 is 8.07 Å². The first-order chi connectivity index (χ1) is 8.38. The van der Waals surface area contributed by atoms with Crippen molar-refractivity contribution in [3.8, 4) is 0 Å². The fraction of sp³-hybridized carbons (Fsp3) is 0.412. The average molecular weight is 256 g/mol. The molecule has 0 bridgehead atoms. The van der Waals surface area contributed by atoms with E-state index in [1.807, 2.05) is 0 Å². The maximum Gasteiger partial charge on any atom is 0.0771 e. The van der Waals surface area contributed by atoms with Crippen molar-refractivity contribution in [2.75, 3.05) is 0 Å². The van der Waals surface area contributed by atoms with Crippen molar-refractivity contribution in [1.29, 1.82) is 0 Å². The largest absolute Gasteiger partial charge is 0.0780 e. The lowest BCUT2D eigenvalue weighted by Gasteiger charge is -2.16. The molecule has 0 amide bonds. The third kappa shape index (κ3) is 2.84. The van der Waals surface area contributed by atoms with E-state index in [1.54, 1.807) is 5.20 Å². The van der Waals surface area contributed by atoms with Gasteiger partial charge in [-0.25, -0.2) is 0 Å². The van der Waals surface area contributed by atoms with Crippen LogP contribution in [-0.4, -0.2) is 8.07 Å². The van der Waals surface area contributed by atoms with E-state index in [4.69, 9.17) is 0 Å². The summed E-state index contributed by atoms with van der Waals surface area (Å²) in [5.74, 6) is 0.604. The van der Waals surface area contributed by atoms with Gasteiger partial charge in [-0.2, -0.15) is 0 Å². The molecule has 96 valence electrons. The number of benzene rings is 1. The Labute approximate surface area is 112 Å². The predicted octanol–water partition coefficient (Wildman–Crippen LogP) is 4.84. The van der Waals surface area contributed by atoms with Crippen molar-refractivity contribution in [3.63, 3.8) is 0 Å². The van der Waals surface area contributed by atoms with E-state index in [9.17, 15) is 0 Å². The van der Waals surface area contributed by atoms with Gasteiger partial charge in [0.2, 0.25) is 0 Å². The summed E-state index contributed by atoms with van der Waals surface area (Å²) in [5, 5.41) is 1.61. The second kappa shape index (κ2) is 4.89. The van der Waals surface area contributed by atoms with E-state index >= 15 is 0 Å². The number of hydrogen-bond acceptors (Lipinski definition) is 0. The normalized spacial score (nSPS) is 19.2. The molecule has 1 heteroatoms. The van der Waals surface area contributed by atoms with Crippen molar-refractivity contribution in [3.05, 3.63) is 58.3 Å². The number of rotatable bonds is 3. The summed E-state index contributed by atoms with van der Waals surface area (Å²) < 4.78 is 0. The van der Waals surface area contributed by atoms with Gasteiger partial charge >= 0.3 is 0 Å². The molecule has 0 saturated carbocycles. The molecule has 0 aromatic heterocycles. The quantitative estimate of drug-likeness (QED) is 0.679. The monoisotopic (exact) mass is 256 g/mol. The van der Waals surface area contributed by atoms with Crippen molar-refractivity contribution in [2.45, 2.75) is 39.9 Å². The lowest BCUT2D eigenvalue weighted by Crippen LogP contribution is -2.22. The molecule has 1 aromatic rings. The number of allylic oxidation sites excluding steroid dienone is 4. The topological polar surface area (TPSA) is 0 Å². The van der Waals surface area contributed by atoms with E-state index in [0.717, 1.165) is 6.42 Å². The lowest BCUT2D eigenvalue weighted by atomic mass is 9.95. The molecule has 0 nitrogen and oxygen atoms in total. The first-order valence-corrected chi connectivity index (χ1v) is 10.3. The fourth-order valence-corrected chi connectivity index (χ4v) is 3.79. The first-order valence-electron chi connectivity index (χ1n) is 6.83. The fourth-order valence-electron chi connectivity index (χ4n) is 2.48. The zero-order chi connectivity index (χ0) is 13.3. The Morgan fingerprint density at radius 3 is 2.44 bits per heavy atom. The summed E-state index contributed by atoms with van der Waals surface area (Å²) in [4.78, 5) is 0. The summed E-state index contributed by atoms with van der Waals surface area (Å²) in [5.41, 5.74) is 4.36. The Balaban J connectivity index is 2.16. The molecule has 0 spiro atoms. The highest BCUT2D eigenvalue weighted by atomic mass is 28.3. The van der Waals surface area contributed by atoms with Crippen LogP contribution >= 0.6 is 0 Å².